The monoisotopic (exact) mass is 661 g/mol. The van der Waals surface area contributed by atoms with Gasteiger partial charge in [0, 0.05) is 23.1 Å². The van der Waals surface area contributed by atoms with E-state index < -0.39 is 34.3 Å². The second kappa shape index (κ2) is 13.6. The van der Waals surface area contributed by atoms with Crippen molar-refractivity contribution in [1.29, 1.82) is 0 Å². The Kier molecular flexibility index (Phi) is 10.1. The molecule has 0 radical (unpaired) electrons. The molecule has 4 rings (SSSR count). The molecule has 224 valence electrons. The Balaban J connectivity index is 1.71. The van der Waals surface area contributed by atoms with Crippen LogP contribution < -0.4 is 19.1 Å². The van der Waals surface area contributed by atoms with Gasteiger partial charge in [0.05, 0.1) is 10.6 Å². The van der Waals surface area contributed by atoms with E-state index in [1.807, 2.05) is 38.1 Å². The third-order valence-electron chi connectivity index (χ3n) is 6.93. The molecular formula is C30H33BrFN3O6S. The molecule has 12 heteroatoms. The number of sulfonamides is 1. The molecule has 0 unspecified atom stereocenters. The van der Waals surface area contributed by atoms with Crippen molar-refractivity contribution in [2.45, 2.75) is 50.7 Å². The lowest BCUT2D eigenvalue weighted by Crippen LogP contribution is -2.52. The van der Waals surface area contributed by atoms with Crippen LogP contribution in [0, 0.1) is 5.82 Å². The lowest BCUT2D eigenvalue weighted by atomic mass is 10.1. The summed E-state index contributed by atoms with van der Waals surface area (Å²) in [4.78, 5) is 28.3. The fourth-order valence-electron chi connectivity index (χ4n) is 4.28. The van der Waals surface area contributed by atoms with Crippen molar-refractivity contribution in [3.05, 3.63) is 82.6 Å². The maximum absolute atomic E-state index is 14.0. The summed E-state index contributed by atoms with van der Waals surface area (Å²) in [6, 6.07) is 15.2. The summed E-state index contributed by atoms with van der Waals surface area (Å²) in [7, 11) is -4.36. The number of ether oxygens (including phenoxy) is 2. The summed E-state index contributed by atoms with van der Waals surface area (Å²) < 4.78 is 54.7. The zero-order chi connectivity index (χ0) is 30.4. The van der Waals surface area contributed by atoms with E-state index in [9.17, 15) is 22.4 Å². The van der Waals surface area contributed by atoms with E-state index in [0.29, 0.717) is 18.8 Å². The first-order chi connectivity index (χ1) is 20.0. The van der Waals surface area contributed by atoms with Crippen molar-refractivity contribution in [2.24, 2.45) is 0 Å². The van der Waals surface area contributed by atoms with Crippen molar-refractivity contribution >= 4 is 43.5 Å². The molecule has 1 aliphatic rings. The second-order valence-electron chi connectivity index (χ2n) is 9.94. The Labute approximate surface area is 253 Å². The Morgan fingerprint density at radius 1 is 0.976 bits per heavy atom. The van der Waals surface area contributed by atoms with E-state index in [1.54, 1.807) is 6.92 Å². The number of amides is 2. The summed E-state index contributed by atoms with van der Waals surface area (Å²) in [5, 5.41) is 2.90. The standard InChI is InChI=1S/C30H33BrFN3O6S/c1-4-20(2)33-30(37)21(3)34(18-22-5-7-23(31)8-6-22)29(36)19-35(25-11-9-24(32)10-12-25)42(38,39)26-13-14-27-28(17-26)41-16-15-40-27/h5-14,17,20-21H,4,15-16,18-19H2,1-3H3,(H,33,37)/t20-,21+/m1/s1. The van der Waals surface area contributed by atoms with Gasteiger partial charge in [-0.05, 0) is 74.4 Å². The number of benzene rings is 3. The van der Waals surface area contributed by atoms with Gasteiger partial charge in [0.1, 0.15) is 31.6 Å². The van der Waals surface area contributed by atoms with E-state index in [0.717, 1.165) is 26.5 Å². The highest BCUT2D eigenvalue weighted by atomic mass is 79.9. The van der Waals surface area contributed by atoms with Gasteiger partial charge < -0.3 is 19.7 Å². The van der Waals surface area contributed by atoms with Crippen LogP contribution in [0.5, 0.6) is 11.5 Å². The molecular weight excluding hydrogens is 629 g/mol. The molecule has 1 N–H and O–H groups in total. The molecule has 2 atom stereocenters. The van der Waals surface area contributed by atoms with Crippen LogP contribution >= 0.6 is 15.9 Å². The number of anilines is 1. The third kappa shape index (κ3) is 7.40. The quantitative estimate of drug-likeness (QED) is 0.314. The smallest absolute Gasteiger partial charge is 0.264 e. The summed E-state index contributed by atoms with van der Waals surface area (Å²) >= 11 is 3.40. The van der Waals surface area contributed by atoms with Gasteiger partial charge in [0.25, 0.3) is 10.0 Å². The van der Waals surface area contributed by atoms with Crippen LogP contribution in [0.2, 0.25) is 0 Å². The average Bonchev–Trinajstić information content (AvgIpc) is 2.99. The van der Waals surface area contributed by atoms with Gasteiger partial charge in [-0.3, -0.25) is 13.9 Å². The lowest BCUT2D eigenvalue weighted by molar-refractivity contribution is -0.139. The summed E-state index contributed by atoms with van der Waals surface area (Å²) in [5.74, 6) is -0.867. The highest BCUT2D eigenvalue weighted by Gasteiger charge is 2.33. The number of carbonyl (C=O) groups is 2. The Hall–Kier alpha value is -3.64. The van der Waals surface area contributed by atoms with Crippen LogP contribution in [0.1, 0.15) is 32.8 Å². The maximum Gasteiger partial charge on any atom is 0.264 e. The SMILES string of the molecule is CC[C@@H](C)NC(=O)[C@H](C)N(Cc1ccc(Br)cc1)C(=O)CN(c1ccc(F)cc1)S(=O)(=O)c1ccc2c(c1)OCCO2. The Morgan fingerprint density at radius 2 is 1.62 bits per heavy atom. The van der Waals surface area contributed by atoms with E-state index >= 15 is 0 Å². The molecule has 3 aromatic rings. The maximum atomic E-state index is 14.0. The number of nitrogens with zero attached hydrogens (tertiary/aromatic N) is 2. The van der Waals surface area contributed by atoms with Crippen LogP contribution in [0.25, 0.3) is 0 Å². The Morgan fingerprint density at radius 3 is 2.26 bits per heavy atom. The van der Waals surface area contributed by atoms with E-state index in [-0.39, 0.29) is 41.4 Å². The number of nitrogens with one attached hydrogen (secondary N) is 1. The number of hydrogen-bond donors (Lipinski definition) is 1. The molecule has 0 fully saturated rings. The molecule has 1 heterocycles. The van der Waals surface area contributed by atoms with Crippen molar-refractivity contribution < 1.29 is 31.9 Å². The van der Waals surface area contributed by atoms with Gasteiger partial charge in [-0.25, -0.2) is 12.8 Å². The largest absolute Gasteiger partial charge is 0.486 e. The first-order valence-corrected chi connectivity index (χ1v) is 15.7. The zero-order valence-corrected chi connectivity index (χ0v) is 26.0. The number of fused-ring (bicyclic) bond motifs is 1. The Bertz CT molecular complexity index is 1520. The molecule has 0 aliphatic carbocycles. The van der Waals surface area contributed by atoms with E-state index in [4.69, 9.17) is 9.47 Å². The van der Waals surface area contributed by atoms with Crippen LogP contribution in [0.3, 0.4) is 0 Å². The van der Waals surface area contributed by atoms with Crippen molar-refractivity contribution in [2.75, 3.05) is 24.1 Å². The summed E-state index contributed by atoms with van der Waals surface area (Å²) in [5.41, 5.74) is 0.831. The third-order valence-corrected chi connectivity index (χ3v) is 9.23. The van der Waals surface area contributed by atoms with E-state index in [2.05, 4.69) is 21.2 Å². The molecule has 42 heavy (non-hydrogen) atoms. The minimum atomic E-state index is -4.36. The molecule has 0 saturated heterocycles. The predicted molar refractivity (Wildman–Crippen MR) is 160 cm³/mol. The molecule has 1 aliphatic heterocycles. The molecule has 9 nitrogen and oxygen atoms in total. The van der Waals surface area contributed by atoms with Gasteiger partial charge in [-0.15, -0.1) is 0 Å². The van der Waals surface area contributed by atoms with Crippen molar-refractivity contribution in [3.8, 4) is 11.5 Å². The zero-order valence-electron chi connectivity index (χ0n) is 23.5. The number of rotatable bonds is 11. The fraction of sp³-hybridized carbons (Fsp3) is 0.333. The molecule has 0 bridgehead atoms. The van der Waals surface area contributed by atoms with Crippen molar-refractivity contribution in [3.63, 3.8) is 0 Å². The fourth-order valence-corrected chi connectivity index (χ4v) is 5.98. The van der Waals surface area contributed by atoms with Crippen LogP contribution in [0.15, 0.2) is 76.1 Å². The summed E-state index contributed by atoms with van der Waals surface area (Å²) in [6.45, 7) is 5.42. The number of carbonyl (C=O) groups excluding carboxylic acids is 2. The summed E-state index contributed by atoms with van der Waals surface area (Å²) in [6.07, 6.45) is 0.700. The molecule has 0 aromatic heterocycles. The second-order valence-corrected chi connectivity index (χ2v) is 12.7. The number of halogens is 2. The van der Waals surface area contributed by atoms with Crippen molar-refractivity contribution in [1.82, 2.24) is 10.2 Å². The molecule has 2 amide bonds. The molecule has 3 aromatic carbocycles. The topological polar surface area (TPSA) is 105 Å². The number of hydrogen-bond acceptors (Lipinski definition) is 6. The van der Waals surface area contributed by atoms with Gasteiger partial charge in [-0.1, -0.05) is 35.0 Å². The van der Waals surface area contributed by atoms with Gasteiger partial charge >= 0.3 is 0 Å². The predicted octanol–water partition coefficient (Wildman–Crippen LogP) is 4.89. The molecule has 0 spiro atoms. The highest BCUT2D eigenvalue weighted by Crippen LogP contribution is 2.34. The normalized spacial score (nSPS) is 14.0. The highest BCUT2D eigenvalue weighted by molar-refractivity contribution is 9.10. The minimum absolute atomic E-state index is 0.0581. The first kappa shape index (κ1) is 31.3. The van der Waals surface area contributed by atoms with Gasteiger partial charge in [0.2, 0.25) is 11.8 Å². The van der Waals surface area contributed by atoms with Crippen LogP contribution in [-0.2, 0) is 26.2 Å². The van der Waals surface area contributed by atoms with Gasteiger partial charge in [0.15, 0.2) is 11.5 Å². The lowest BCUT2D eigenvalue weighted by Gasteiger charge is -2.32. The molecule has 0 saturated carbocycles. The minimum Gasteiger partial charge on any atom is -0.486 e. The van der Waals surface area contributed by atoms with E-state index in [1.165, 1.54) is 35.2 Å². The average molecular weight is 663 g/mol. The van der Waals surface area contributed by atoms with Gasteiger partial charge in [-0.2, -0.15) is 0 Å². The van der Waals surface area contributed by atoms with Crippen LogP contribution in [-0.4, -0.2) is 57.0 Å². The van der Waals surface area contributed by atoms with Crippen LogP contribution in [0.4, 0.5) is 10.1 Å². The first-order valence-electron chi connectivity index (χ1n) is 13.5.